The van der Waals surface area contributed by atoms with Crippen molar-refractivity contribution in [1.82, 2.24) is 0 Å². The van der Waals surface area contributed by atoms with E-state index < -0.39 is 9.84 Å². The first-order chi connectivity index (χ1) is 9.81. The molecule has 2 unspecified atom stereocenters. The molecule has 0 aromatic heterocycles. The lowest BCUT2D eigenvalue weighted by Gasteiger charge is -2.29. The number of sulfone groups is 1. The molecule has 1 aromatic carbocycles. The van der Waals surface area contributed by atoms with Gasteiger partial charge in [-0.05, 0) is 31.4 Å². The Hall–Kier alpha value is -0.160. The predicted octanol–water partition coefficient (Wildman–Crippen LogP) is 4.47. The van der Waals surface area contributed by atoms with E-state index in [-0.39, 0.29) is 17.2 Å². The molecule has 1 aromatic rings. The van der Waals surface area contributed by atoms with E-state index in [0.717, 1.165) is 18.4 Å². The summed E-state index contributed by atoms with van der Waals surface area (Å²) in [4.78, 5) is 0. The summed E-state index contributed by atoms with van der Waals surface area (Å²) in [6, 6.07) is 3.32. The maximum atomic E-state index is 11.7. The molecule has 7 heteroatoms. The Kier molecular flexibility index (Phi) is 5.69. The van der Waals surface area contributed by atoms with Gasteiger partial charge in [-0.3, -0.25) is 0 Å². The van der Waals surface area contributed by atoms with Gasteiger partial charge in [-0.2, -0.15) is 0 Å². The van der Waals surface area contributed by atoms with Crippen LogP contribution in [0.2, 0.25) is 10.0 Å². The van der Waals surface area contributed by atoms with E-state index in [0.29, 0.717) is 28.6 Å². The zero-order valence-electron chi connectivity index (χ0n) is 11.6. The number of benzene rings is 1. The minimum absolute atomic E-state index is 0.167. The topological polar surface area (TPSA) is 43.4 Å². The number of rotatable bonds is 4. The minimum atomic E-state index is -3.04. The van der Waals surface area contributed by atoms with E-state index in [1.54, 1.807) is 12.1 Å². The molecule has 0 spiro atoms. The Labute approximate surface area is 140 Å². The van der Waals surface area contributed by atoms with Gasteiger partial charge in [0, 0.05) is 23.3 Å². The summed E-state index contributed by atoms with van der Waals surface area (Å²) in [5.74, 6) is 0.743. The Balaban J connectivity index is 2.18. The molecule has 118 valence electrons. The Morgan fingerprint density at radius 2 is 2.00 bits per heavy atom. The van der Waals surface area contributed by atoms with Gasteiger partial charge in [0.1, 0.15) is 21.7 Å². The van der Waals surface area contributed by atoms with Gasteiger partial charge in [-0.25, -0.2) is 8.42 Å². The van der Waals surface area contributed by atoms with Crippen LogP contribution in [0, 0.1) is 0 Å². The third-order valence-electron chi connectivity index (χ3n) is 3.70. The van der Waals surface area contributed by atoms with Gasteiger partial charge in [0.15, 0.2) is 0 Å². The average Bonchev–Trinajstić information content (AvgIpc) is 2.41. The summed E-state index contributed by atoms with van der Waals surface area (Å²) >= 11 is 18.0. The molecule has 2 rings (SSSR count). The molecule has 0 saturated heterocycles. The number of halogens is 3. The Morgan fingerprint density at radius 3 is 2.62 bits per heavy atom. The number of ether oxygens (including phenoxy) is 1. The third kappa shape index (κ3) is 4.41. The molecule has 1 aliphatic rings. The highest BCUT2D eigenvalue weighted by Gasteiger charge is 2.30. The zero-order valence-corrected chi connectivity index (χ0v) is 14.7. The van der Waals surface area contributed by atoms with Crippen molar-refractivity contribution in [3.05, 3.63) is 27.7 Å². The first-order valence-electron chi connectivity index (χ1n) is 6.70. The van der Waals surface area contributed by atoms with Crippen molar-refractivity contribution in [3.63, 3.8) is 0 Å². The van der Waals surface area contributed by atoms with Crippen molar-refractivity contribution in [3.8, 4) is 5.75 Å². The lowest BCUT2D eigenvalue weighted by Crippen LogP contribution is -2.33. The fourth-order valence-electron chi connectivity index (χ4n) is 2.61. The summed E-state index contributed by atoms with van der Waals surface area (Å²) in [6.07, 6.45) is 3.92. The summed E-state index contributed by atoms with van der Waals surface area (Å²) < 4.78 is 29.3. The lowest BCUT2D eigenvalue weighted by atomic mass is 9.97. The molecule has 1 fully saturated rings. The highest BCUT2D eigenvalue weighted by atomic mass is 35.5. The molecule has 21 heavy (non-hydrogen) atoms. The monoisotopic (exact) mass is 370 g/mol. The van der Waals surface area contributed by atoms with Gasteiger partial charge in [-0.15, -0.1) is 11.6 Å². The summed E-state index contributed by atoms with van der Waals surface area (Å²) in [6.45, 7) is 0. The Morgan fingerprint density at radius 1 is 1.29 bits per heavy atom. The van der Waals surface area contributed by atoms with Crippen molar-refractivity contribution >= 4 is 44.6 Å². The highest BCUT2D eigenvalue weighted by Crippen LogP contribution is 2.36. The van der Waals surface area contributed by atoms with Crippen LogP contribution in [0.25, 0.3) is 0 Å². The first-order valence-corrected chi connectivity index (χ1v) is 9.95. The van der Waals surface area contributed by atoms with E-state index in [1.165, 1.54) is 6.26 Å². The standard InChI is InChI=1S/C14H17Cl3O3S/c1-21(18,19)12-4-2-3-11(7-12)20-14-9(8-15)5-10(16)6-13(14)17/h5-6,11-12H,2-4,7-8H2,1H3. The van der Waals surface area contributed by atoms with Crippen LogP contribution in [0.4, 0.5) is 0 Å². The van der Waals surface area contributed by atoms with E-state index in [4.69, 9.17) is 39.5 Å². The van der Waals surface area contributed by atoms with Crippen LogP contribution in [0.5, 0.6) is 5.75 Å². The molecule has 0 N–H and O–H groups in total. The lowest BCUT2D eigenvalue weighted by molar-refractivity contribution is 0.155. The van der Waals surface area contributed by atoms with E-state index in [9.17, 15) is 8.42 Å². The molecule has 1 saturated carbocycles. The molecular weight excluding hydrogens is 355 g/mol. The second kappa shape index (κ2) is 6.95. The van der Waals surface area contributed by atoms with Crippen molar-refractivity contribution < 1.29 is 13.2 Å². The van der Waals surface area contributed by atoms with Crippen LogP contribution in [-0.4, -0.2) is 26.0 Å². The second-order valence-electron chi connectivity index (χ2n) is 5.37. The number of alkyl halides is 1. The van der Waals surface area contributed by atoms with Gasteiger partial charge in [-0.1, -0.05) is 23.2 Å². The zero-order chi connectivity index (χ0) is 15.6. The second-order valence-corrected chi connectivity index (χ2v) is 8.80. The van der Waals surface area contributed by atoms with Gasteiger partial charge in [0.25, 0.3) is 0 Å². The molecule has 0 heterocycles. The quantitative estimate of drug-likeness (QED) is 0.734. The first kappa shape index (κ1) is 17.2. The minimum Gasteiger partial charge on any atom is -0.488 e. The number of hydrogen-bond donors (Lipinski definition) is 0. The fourth-order valence-corrected chi connectivity index (χ4v) is 4.55. The van der Waals surface area contributed by atoms with Crippen LogP contribution in [0.1, 0.15) is 31.2 Å². The highest BCUT2D eigenvalue weighted by molar-refractivity contribution is 7.91. The molecule has 1 aliphatic carbocycles. The molecular formula is C14H17Cl3O3S. The summed E-state index contributed by atoms with van der Waals surface area (Å²) in [5, 5.41) is 0.557. The van der Waals surface area contributed by atoms with Gasteiger partial charge >= 0.3 is 0 Å². The summed E-state index contributed by atoms with van der Waals surface area (Å²) in [7, 11) is -3.04. The largest absolute Gasteiger partial charge is 0.488 e. The van der Waals surface area contributed by atoms with Crippen LogP contribution in [-0.2, 0) is 15.7 Å². The molecule has 0 aliphatic heterocycles. The molecule has 0 radical (unpaired) electrons. The maximum Gasteiger partial charge on any atom is 0.150 e. The van der Waals surface area contributed by atoms with Gasteiger partial charge in [0.2, 0.25) is 0 Å². The molecule has 0 bridgehead atoms. The van der Waals surface area contributed by atoms with E-state index >= 15 is 0 Å². The van der Waals surface area contributed by atoms with Gasteiger partial charge in [0.05, 0.1) is 16.2 Å². The molecule has 2 atom stereocenters. The number of hydrogen-bond acceptors (Lipinski definition) is 3. The van der Waals surface area contributed by atoms with E-state index in [2.05, 4.69) is 0 Å². The average molecular weight is 372 g/mol. The van der Waals surface area contributed by atoms with E-state index in [1.807, 2.05) is 0 Å². The smallest absolute Gasteiger partial charge is 0.150 e. The SMILES string of the molecule is CS(=O)(=O)C1CCCC(Oc2c(Cl)cc(Cl)cc2CCl)C1. The van der Waals surface area contributed by atoms with Crippen LogP contribution < -0.4 is 4.74 Å². The van der Waals surface area contributed by atoms with Crippen molar-refractivity contribution in [2.75, 3.05) is 6.26 Å². The third-order valence-corrected chi connectivity index (χ3v) is 6.12. The Bertz CT molecular complexity index is 616. The van der Waals surface area contributed by atoms with Crippen LogP contribution in [0.15, 0.2) is 12.1 Å². The van der Waals surface area contributed by atoms with Crippen molar-refractivity contribution in [2.45, 2.75) is 42.9 Å². The fraction of sp³-hybridized carbons (Fsp3) is 0.571. The molecule has 3 nitrogen and oxygen atoms in total. The van der Waals surface area contributed by atoms with Gasteiger partial charge < -0.3 is 4.74 Å². The van der Waals surface area contributed by atoms with Crippen LogP contribution in [0.3, 0.4) is 0 Å². The predicted molar refractivity (Wildman–Crippen MR) is 87.5 cm³/mol. The normalized spacial score (nSPS) is 23.0. The summed E-state index contributed by atoms with van der Waals surface area (Å²) in [5.41, 5.74) is 0.718. The van der Waals surface area contributed by atoms with Crippen molar-refractivity contribution in [2.24, 2.45) is 0 Å². The molecule has 0 amide bonds. The van der Waals surface area contributed by atoms with Crippen LogP contribution >= 0.6 is 34.8 Å². The van der Waals surface area contributed by atoms with Crippen molar-refractivity contribution in [1.29, 1.82) is 0 Å². The maximum absolute atomic E-state index is 11.7.